The average molecular weight is 195 g/mol. The van der Waals surface area contributed by atoms with Crippen LogP contribution in [0.1, 0.15) is 11.1 Å². The third-order valence-corrected chi connectivity index (χ3v) is 1.91. The van der Waals surface area contributed by atoms with Crippen LogP contribution in [0.15, 0.2) is 18.2 Å². The number of nitro benzene ring substituents is 1. The first-order chi connectivity index (χ1) is 6.52. The Morgan fingerprint density at radius 1 is 1.57 bits per heavy atom. The van der Waals surface area contributed by atoms with E-state index in [0.717, 1.165) is 0 Å². The van der Waals surface area contributed by atoms with Crippen LogP contribution in [0.4, 0.5) is 5.69 Å². The molecule has 1 N–H and O–H groups in total. The number of carbonyl (C=O) groups is 1. The molecule has 5 heteroatoms. The molecule has 1 aromatic carbocycles. The Hall–Kier alpha value is -1.91. The summed E-state index contributed by atoms with van der Waals surface area (Å²) in [6.07, 6.45) is -0.316. The van der Waals surface area contributed by atoms with Gasteiger partial charge in [-0.15, -0.1) is 0 Å². The zero-order valence-corrected chi connectivity index (χ0v) is 7.56. The molecule has 0 saturated heterocycles. The summed E-state index contributed by atoms with van der Waals surface area (Å²) in [6, 6.07) is 4.51. The molecule has 0 radical (unpaired) electrons. The van der Waals surface area contributed by atoms with Crippen molar-refractivity contribution in [3.8, 4) is 0 Å². The van der Waals surface area contributed by atoms with Gasteiger partial charge in [0.15, 0.2) is 0 Å². The second-order valence-electron chi connectivity index (χ2n) is 2.90. The van der Waals surface area contributed by atoms with Crippen molar-refractivity contribution in [2.24, 2.45) is 0 Å². The van der Waals surface area contributed by atoms with E-state index in [4.69, 9.17) is 5.11 Å². The SMILES string of the molecule is Cc1cccc([N+](=O)[O-])c1CC(=O)O. The Bertz CT molecular complexity index is 386. The Kier molecular flexibility index (Phi) is 2.81. The lowest BCUT2D eigenvalue weighted by molar-refractivity contribution is -0.385. The average Bonchev–Trinajstić information content (AvgIpc) is 2.07. The number of carboxylic acid groups (broad SMARTS) is 1. The van der Waals surface area contributed by atoms with Crippen molar-refractivity contribution >= 4 is 11.7 Å². The van der Waals surface area contributed by atoms with Gasteiger partial charge in [0.1, 0.15) is 0 Å². The number of nitro groups is 1. The van der Waals surface area contributed by atoms with Crippen LogP contribution in [-0.4, -0.2) is 16.0 Å². The van der Waals surface area contributed by atoms with E-state index in [9.17, 15) is 14.9 Å². The minimum absolute atomic E-state index is 0.132. The molecule has 0 aliphatic rings. The maximum atomic E-state index is 10.6. The van der Waals surface area contributed by atoms with E-state index in [0.29, 0.717) is 5.56 Å². The predicted octanol–water partition coefficient (Wildman–Crippen LogP) is 1.53. The summed E-state index contributed by atoms with van der Waals surface area (Å²) in [5.41, 5.74) is 0.763. The lowest BCUT2D eigenvalue weighted by Gasteiger charge is -2.03. The van der Waals surface area contributed by atoms with E-state index in [1.165, 1.54) is 6.07 Å². The summed E-state index contributed by atoms with van der Waals surface area (Å²) in [5, 5.41) is 19.1. The van der Waals surface area contributed by atoms with Gasteiger partial charge in [0.2, 0.25) is 0 Å². The van der Waals surface area contributed by atoms with Crippen LogP contribution in [0.2, 0.25) is 0 Å². The number of hydrogen-bond acceptors (Lipinski definition) is 3. The Balaban J connectivity index is 3.22. The van der Waals surface area contributed by atoms with E-state index in [2.05, 4.69) is 0 Å². The highest BCUT2D eigenvalue weighted by atomic mass is 16.6. The standard InChI is InChI=1S/C9H9NO4/c1-6-3-2-4-8(10(13)14)7(6)5-9(11)12/h2-4H,5H2,1H3,(H,11,12). The monoisotopic (exact) mass is 195 g/mol. The van der Waals surface area contributed by atoms with Gasteiger partial charge in [-0.25, -0.2) is 0 Å². The summed E-state index contributed by atoms with van der Waals surface area (Å²) in [7, 11) is 0. The molecule has 0 saturated carbocycles. The lowest BCUT2D eigenvalue weighted by atomic mass is 10.0. The van der Waals surface area contributed by atoms with Gasteiger partial charge in [0.25, 0.3) is 5.69 Å². The van der Waals surface area contributed by atoms with Crippen LogP contribution in [0.5, 0.6) is 0 Å². The number of rotatable bonds is 3. The molecule has 0 aromatic heterocycles. The molecule has 0 unspecified atom stereocenters. The number of benzene rings is 1. The minimum Gasteiger partial charge on any atom is -0.481 e. The fourth-order valence-corrected chi connectivity index (χ4v) is 1.24. The molecule has 0 fully saturated rings. The first-order valence-electron chi connectivity index (χ1n) is 3.97. The lowest BCUT2D eigenvalue weighted by Crippen LogP contribution is -2.05. The molecular weight excluding hydrogens is 186 g/mol. The summed E-state index contributed by atoms with van der Waals surface area (Å²) in [5.74, 6) is -1.07. The zero-order valence-electron chi connectivity index (χ0n) is 7.56. The number of aliphatic carboxylic acids is 1. The first kappa shape index (κ1) is 10.2. The van der Waals surface area contributed by atoms with Crippen LogP contribution in [-0.2, 0) is 11.2 Å². The van der Waals surface area contributed by atoms with Crippen LogP contribution in [0, 0.1) is 17.0 Å². The quantitative estimate of drug-likeness (QED) is 0.585. The topological polar surface area (TPSA) is 80.4 Å². The molecular formula is C9H9NO4. The molecule has 0 heterocycles. The highest BCUT2D eigenvalue weighted by Crippen LogP contribution is 2.22. The van der Waals surface area contributed by atoms with Crippen molar-refractivity contribution in [3.63, 3.8) is 0 Å². The van der Waals surface area contributed by atoms with E-state index < -0.39 is 10.9 Å². The molecule has 0 amide bonds. The molecule has 74 valence electrons. The fraction of sp³-hybridized carbons (Fsp3) is 0.222. The van der Waals surface area contributed by atoms with Crippen molar-refractivity contribution in [3.05, 3.63) is 39.4 Å². The van der Waals surface area contributed by atoms with Crippen molar-refractivity contribution in [2.45, 2.75) is 13.3 Å². The van der Waals surface area contributed by atoms with Crippen molar-refractivity contribution in [2.75, 3.05) is 0 Å². The van der Waals surface area contributed by atoms with E-state index in [1.54, 1.807) is 19.1 Å². The number of nitrogens with zero attached hydrogens (tertiary/aromatic N) is 1. The third kappa shape index (κ3) is 2.07. The van der Waals surface area contributed by atoms with Crippen LogP contribution in [0.25, 0.3) is 0 Å². The molecule has 1 aromatic rings. The molecule has 5 nitrogen and oxygen atoms in total. The molecule has 1 rings (SSSR count). The predicted molar refractivity (Wildman–Crippen MR) is 49.2 cm³/mol. The Morgan fingerprint density at radius 2 is 2.21 bits per heavy atom. The van der Waals surface area contributed by atoms with Gasteiger partial charge in [-0.05, 0) is 12.5 Å². The van der Waals surface area contributed by atoms with Gasteiger partial charge in [0, 0.05) is 11.6 Å². The van der Waals surface area contributed by atoms with Crippen molar-refractivity contribution in [1.29, 1.82) is 0 Å². The largest absolute Gasteiger partial charge is 0.481 e. The summed E-state index contributed by atoms with van der Waals surface area (Å²) in [4.78, 5) is 20.5. The Morgan fingerprint density at radius 3 is 2.71 bits per heavy atom. The van der Waals surface area contributed by atoms with Crippen LogP contribution in [0.3, 0.4) is 0 Å². The summed E-state index contributed by atoms with van der Waals surface area (Å²) >= 11 is 0. The molecule has 0 spiro atoms. The van der Waals surface area contributed by atoms with Gasteiger partial charge in [-0.1, -0.05) is 12.1 Å². The molecule has 0 atom stereocenters. The molecule has 0 aliphatic carbocycles. The fourth-order valence-electron chi connectivity index (χ4n) is 1.24. The van der Waals surface area contributed by atoms with Crippen molar-refractivity contribution in [1.82, 2.24) is 0 Å². The minimum atomic E-state index is -1.07. The Labute approximate surface area is 80.1 Å². The molecule has 0 aliphatic heterocycles. The number of hydrogen-bond donors (Lipinski definition) is 1. The van der Waals surface area contributed by atoms with Gasteiger partial charge in [0.05, 0.1) is 11.3 Å². The van der Waals surface area contributed by atoms with E-state index >= 15 is 0 Å². The zero-order chi connectivity index (χ0) is 10.7. The highest BCUT2D eigenvalue weighted by molar-refractivity contribution is 5.72. The maximum absolute atomic E-state index is 10.6. The van der Waals surface area contributed by atoms with Crippen molar-refractivity contribution < 1.29 is 14.8 Å². The number of aryl methyl sites for hydroxylation is 1. The number of carboxylic acids is 1. The summed E-state index contributed by atoms with van der Waals surface area (Å²) < 4.78 is 0. The maximum Gasteiger partial charge on any atom is 0.308 e. The first-order valence-corrected chi connectivity index (χ1v) is 3.97. The van der Waals surface area contributed by atoms with Crippen LogP contribution < -0.4 is 0 Å². The second kappa shape index (κ2) is 3.87. The van der Waals surface area contributed by atoms with Gasteiger partial charge in [-0.2, -0.15) is 0 Å². The van der Waals surface area contributed by atoms with Gasteiger partial charge < -0.3 is 5.11 Å². The summed E-state index contributed by atoms with van der Waals surface area (Å²) in [6.45, 7) is 1.66. The van der Waals surface area contributed by atoms with Gasteiger partial charge in [-0.3, -0.25) is 14.9 Å². The molecule has 14 heavy (non-hydrogen) atoms. The van der Waals surface area contributed by atoms with E-state index in [1.807, 2.05) is 0 Å². The smallest absolute Gasteiger partial charge is 0.308 e. The van der Waals surface area contributed by atoms with Crippen LogP contribution >= 0.6 is 0 Å². The second-order valence-corrected chi connectivity index (χ2v) is 2.90. The third-order valence-electron chi connectivity index (χ3n) is 1.91. The molecule has 0 bridgehead atoms. The highest BCUT2D eigenvalue weighted by Gasteiger charge is 2.17. The normalized spacial score (nSPS) is 9.79. The van der Waals surface area contributed by atoms with Gasteiger partial charge >= 0.3 is 5.97 Å². The van der Waals surface area contributed by atoms with E-state index in [-0.39, 0.29) is 17.7 Å².